The van der Waals surface area contributed by atoms with Crippen molar-refractivity contribution in [1.82, 2.24) is 19.5 Å². The molecule has 0 unspecified atom stereocenters. The summed E-state index contributed by atoms with van der Waals surface area (Å²) in [5, 5.41) is 4.62. The summed E-state index contributed by atoms with van der Waals surface area (Å²) >= 11 is 1.75. The minimum absolute atomic E-state index is 0.0569. The summed E-state index contributed by atoms with van der Waals surface area (Å²) in [5.41, 5.74) is 12.8. The lowest BCUT2D eigenvalue weighted by Crippen LogP contribution is -2.03. The van der Waals surface area contributed by atoms with Gasteiger partial charge in [0.15, 0.2) is 17.5 Å². The third-order valence-corrected chi connectivity index (χ3v) is 15.4. The van der Waals surface area contributed by atoms with Gasteiger partial charge in [-0.15, -0.1) is 11.3 Å². The van der Waals surface area contributed by atoms with E-state index in [0.717, 1.165) is 97.7 Å². The highest BCUT2D eigenvalue weighted by Crippen LogP contribution is 2.44. The summed E-state index contributed by atoms with van der Waals surface area (Å²) in [6.07, 6.45) is 0. The first-order valence-electron chi connectivity index (χ1n) is 28.2. The van der Waals surface area contributed by atoms with E-state index in [0.29, 0.717) is 22.9 Å². The van der Waals surface area contributed by atoms with Crippen LogP contribution in [0.4, 0.5) is 0 Å². The molecule has 4 aromatic heterocycles. The molecule has 4 heterocycles. The van der Waals surface area contributed by atoms with Gasteiger partial charge in [-0.3, -0.25) is 0 Å². The van der Waals surface area contributed by atoms with Crippen LogP contribution in [0.5, 0.6) is 0 Å². The van der Waals surface area contributed by atoms with E-state index in [1.807, 2.05) is 72.8 Å². The number of thiophene rings is 1. The van der Waals surface area contributed by atoms with E-state index >= 15 is 0 Å². The van der Waals surface area contributed by atoms with Gasteiger partial charge in [0.1, 0.15) is 11.2 Å². The van der Waals surface area contributed by atoms with E-state index in [-0.39, 0.29) is 57.8 Å². The smallest absolute Gasteiger partial charge is 0.166 e. The van der Waals surface area contributed by atoms with Gasteiger partial charge in [0, 0.05) is 64.0 Å². The Bertz CT molecular complexity index is 5130. The lowest BCUT2D eigenvalue weighted by Gasteiger charge is -2.15. The van der Waals surface area contributed by atoms with Crippen molar-refractivity contribution in [3.05, 3.63) is 255 Å². The van der Waals surface area contributed by atoms with Gasteiger partial charge in [0.05, 0.1) is 26.3 Å². The van der Waals surface area contributed by atoms with Crippen LogP contribution in [-0.4, -0.2) is 19.5 Å². The van der Waals surface area contributed by atoms with E-state index in [1.54, 1.807) is 28.0 Å². The lowest BCUT2D eigenvalue weighted by molar-refractivity contribution is 0.670. The Labute approximate surface area is 445 Å². The first kappa shape index (κ1) is 36.2. The normalized spacial score (nSPS) is 13.0. The van der Waals surface area contributed by atoms with Crippen molar-refractivity contribution < 1.29 is 14.0 Å². The summed E-state index contributed by atoms with van der Waals surface area (Å²) in [7, 11) is 0. The molecule has 5 nitrogen and oxygen atoms in total. The third kappa shape index (κ3) is 7.25. The molecule has 0 spiro atoms. The summed E-state index contributed by atoms with van der Waals surface area (Å²) in [6.45, 7) is 0. The van der Waals surface area contributed by atoms with E-state index in [1.165, 1.54) is 6.07 Å². The second-order valence-corrected chi connectivity index (χ2v) is 19.6. The number of hydrogen-bond donors (Lipinski definition) is 0. The summed E-state index contributed by atoms with van der Waals surface area (Å²) < 4.78 is 73.1. The van der Waals surface area contributed by atoms with Gasteiger partial charge in [0.2, 0.25) is 0 Å². The van der Waals surface area contributed by atoms with Gasteiger partial charge in [-0.1, -0.05) is 206 Å². The number of para-hydroxylation sites is 5. The molecule has 350 valence electrons. The molecule has 0 saturated carbocycles. The van der Waals surface area contributed by atoms with Crippen LogP contribution in [0.2, 0.25) is 0 Å². The van der Waals surface area contributed by atoms with Crippen molar-refractivity contribution in [2.45, 2.75) is 0 Å². The summed E-state index contributed by atoms with van der Waals surface area (Å²) in [4.78, 5) is 15.7. The predicted octanol–water partition coefficient (Wildman–Crippen LogP) is 18.9. The lowest BCUT2D eigenvalue weighted by atomic mass is 9.98. The van der Waals surface area contributed by atoms with Crippen molar-refractivity contribution in [2.75, 3.05) is 0 Å². The summed E-state index contributed by atoms with van der Waals surface area (Å²) in [5.74, 6) is 1.06. The molecule has 0 saturated heterocycles. The van der Waals surface area contributed by atoms with Crippen molar-refractivity contribution >= 4 is 75.3 Å². The van der Waals surface area contributed by atoms with Crippen LogP contribution in [0.1, 0.15) is 9.60 Å². The van der Waals surface area contributed by atoms with E-state index in [2.05, 4.69) is 121 Å². The second-order valence-electron chi connectivity index (χ2n) is 18.5. The van der Waals surface area contributed by atoms with Crippen LogP contribution in [0.25, 0.3) is 148 Å². The van der Waals surface area contributed by atoms with Crippen molar-refractivity contribution in [2.24, 2.45) is 0 Å². The summed E-state index contributed by atoms with van der Waals surface area (Å²) in [6, 6.07) is 69.0. The molecule has 0 aliphatic heterocycles. The highest BCUT2D eigenvalue weighted by atomic mass is 32.1. The number of hydrogen-bond acceptors (Lipinski definition) is 5. The number of aromatic nitrogens is 4. The fourth-order valence-corrected chi connectivity index (χ4v) is 11.8. The van der Waals surface area contributed by atoms with Gasteiger partial charge < -0.3 is 8.98 Å². The first-order chi connectivity index (χ1) is 40.1. The van der Waals surface area contributed by atoms with Crippen LogP contribution < -0.4 is 0 Å². The molecule has 11 aromatic carbocycles. The number of fused-ring (bicyclic) bond motifs is 9. The second kappa shape index (κ2) is 17.5. The quantitative estimate of drug-likeness (QED) is 0.152. The minimum Gasteiger partial charge on any atom is -0.455 e. The Hall–Kier alpha value is -9.75. The SMILES string of the molecule is [2H]c1cc([2H])c2c(c1[2H])c1c([2H])c([2H])c([2H])c([2H])c1n2-c1ccccc1-c1nc(-c2ccc(-c3ccc(-c4ccccc4)cc3)cc2)nc(-c2cccc(-c3cccc4c3sc3ccc(-c5cccc6c5oc5ccccc56)cc34)c2)n1. The Morgan fingerprint density at radius 3 is 1.75 bits per heavy atom. The van der Waals surface area contributed by atoms with E-state index in [4.69, 9.17) is 26.2 Å². The number of furan rings is 1. The molecule has 0 radical (unpaired) electrons. The van der Waals surface area contributed by atoms with Gasteiger partial charge in [0.25, 0.3) is 0 Å². The van der Waals surface area contributed by atoms with Gasteiger partial charge in [-0.25, -0.2) is 15.0 Å². The zero-order valence-corrected chi connectivity index (χ0v) is 40.6. The van der Waals surface area contributed by atoms with Crippen LogP contribution in [-0.2, 0) is 0 Å². The highest BCUT2D eigenvalue weighted by Gasteiger charge is 2.21. The first-order valence-corrected chi connectivity index (χ1v) is 25.5. The highest BCUT2D eigenvalue weighted by molar-refractivity contribution is 7.26. The van der Waals surface area contributed by atoms with Crippen LogP contribution in [0.3, 0.4) is 0 Å². The minimum atomic E-state index is -0.471. The number of benzene rings is 11. The van der Waals surface area contributed by atoms with Gasteiger partial charge >= 0.3 is 0 Å². The largest absolute Gasteiger partial charge is 0.455 e. The maximum Gasteiger partial charge on any atom is 0.166 e. The topological polar surface area (TPSA) is 56.7 Å². The molecule has 0 atom stereocenters. The molecule has 75 heavy (non-hydrogen) atoms. The molecule has 15 aromatic rings. The number of nitrogens with zero attached hydrogens (tertiary/aromatic N) is 4. The maximum atomic E-state index is 9.28. The van der Waals surface area contributed by atoms with Crippen molar-refractivity contribution in [3.63, 3.8) is 0 Å². The Kier molecular flexibility index (Phi) is 8.44. The number of rotatable bonds is 8. The monoisotopic (exact) mass is 981 g/mol. The van der Waals surface area contributed by atoms with E-state index < -0.39 is 12.1 Å². The van der Waals surface area contributed by atoms with E-state index in [9.17, 15) is 2.74 Å². The fraction of sp³-hybridized carbons (Fsp3) is 0. The van der Waals surface area contributed by atoms with Crippen molar-refractivity contribution in [1.29, 1.82) is 0 Å². The molecular formula is C69H42N4OS. The molecule has 0 fully saturated rings. The molecule has 0 N–H and O–H groups in total. The maximum absolute atomic E-state index is 9.28. The van der Waals surface area contributed by atoms with Crippen molar-refractivity contribution in [3.8, 4) is 84.4 Å². The van der Waals surface area contributed by atoms with Crippen LogP contribution in [0, 0.1) is 0 Å². The van der Waals surface area contributed by atoms with Gasteiger partial charge in [-0.05, 0) is 87.4 Å². The van der Waals surface area contributed by atoms with Crippen LogP contribution in [0.15, 0.2) is 259 Å². The molecule has 0 amide bonds. The zero-order valence-electron chi connectivity index (χ0n) is 46.8. The molecule has 0 aliphatic carbocycles. The molecule has 0 aliphatic rings. The van der Waals surface area contributed by atoms with Gasteiger partial charge in [-0.2, -0.15) is 0 Å². The Balaban J connectivity index is 0.884. The zero-order chi connectivity index (χ0) is 55.5. The Morgan fingerprint density at radius 2 is 0.920 bits per heavy atom. The average molecular weight is 982 g/mol. The molecular weight excluding hydrogens is 933 g/mol. The molecule has 6 heteroatoms. The average Bonchev–Trinajstić information content (AvgIpc) is 2.41. The Morgan fingerprint density at radius 1 is 0.360 bits per heavy atom. The molecule has 0 bridgehead atoms. The third-order valence-electron chi connectivity index (χ3n) is 14.2. The molecule has 15 rings (SSSR count). The standard InChI is InChI=1S/C69H42N4OS/c1-2-15-43(16-3-1)44-31-33-45(34-32-44)46-35-37-47(38-36-46)67-70-68(72-69(71-67)58-22-6-10-29-62(58)73-60-27-8-4-19-53(60)54-20-5-9-28-61(54)73)50-18-12-17-48(41-50)52-24-14-26-57-59-42-49(39-40-64(59)75-66(52)57)51-23-13-25-56-55-21-7-11-30-63(55)74-65(51)56/h1-42H/i4D,5D,8D,19D,20D,27D,28D. The van der Waals surface area contributed by atoms with Crippen LogP contribution >= 0.6 is 11.3 Å². The predicted molar refractivity (Wildman–Crippen MR) is 312 cm³/mol. The fourth-order valence-electron chi connectivity index (χ4n) is 10.6.